The third-order valence-electron chi connectivity index (χ3n) is 5.00. The molecule has 6 nitrogen and oxygen atoms in total. The first kappa shape index (κ1) is 22.7. The number of halogens is 1. The Morgan fingerprint density at radius 3 is 2.19 bits per heavy atom. The lowest BCUT2D eigenvalue weighted by atomic mass is 10.1. The maximum atomic E-state index is 13.2. The van der Waals surface area contributed by atoms with E-state index in [-0.39, 0.29) is 15.5 Å². The van der Waals surface area contributed by atoms with Crippen LogP contribution in [-0.2, 0) is 10.0 Å². The fourth-order valence-corrected chi connectivity index (χ4v) is 4.55. The van der Waals surface area contributed by atoms with Crippen molar-refractivity contribution < 1.29 is 17.9 Å². The number of amides is 1. The first-order valence-corrected chi connectivity index (χ1v) is 11.3. The first-order chi connectivity index (χ1) is 14.6. The second-order valence-corrected chi connectivity index (χ2v) is 9.41. The number of aryl methyl sites for hydroxylation is 2. The van der Waals surface area contributed by atoms with Gasteiger partial charge in [0.1, 0.15) is 5.75 Å². The van der Waals surface area contributed by atoms with Crippen molar-refractivity contribution in [3.8, 4) is 5.75 Å². The molecule has 162 valence electrons. The summed E-state index contributed by atoms with van der Waals surface area (Å²) in [4.78, 5) is 12.9. The Labute approximate surface area is 187 Å². The van der Waals surface area contributed by atoms with Crippen LogP contribution in [0.25, 0.3) is 0 Å². The van der Waals surface area contributed by atoms with Crippen molar-refractivity contribution in [3.05, 3.63) is 82.4 Å². The molecule has 0 atom stereocenters. The zero-order chi connectivity index (χ0) is 22.8. The molecule has 0 fully saturated rings. The van der Waals surface area contributed by atoms with E-state index in [0.29, 0.717) is 17.1 Å². The number of para-hydroxylation sites is 1. The van der Waals surface area contributed by atoms with Crippen LogP contribution in [0.3, 0.4) is 0 Å². The van der Waals surface area contributed by atoms with Gasteiger partial charge in [-0.15, -0.1) is 0 Å². The zero-order valence-electron chi connectivity index (χ0n) is 17.6. The number of ether oxygens (including phenoxy) is 1. The normalized spacial score (nSPS) is 11.1. The minimum absolute atomic E-state index is 0.0399. The standard InChI is InChI=1S/C23H23ClN2O4S/c1-15-6-5-7-16(2)22(15)25-23(27)20-14-19(12-13-21(20)24)31(28,29)26(3)17-8-10-18(30-4)11-9-17/h5-14H,1-4H3,(H,25,27). The lowest BCUT2D eigenvalue weighted by Crippen LogP contribution is -2.27. The molecule has 3 rings (SSSR count). The summed E-state index contributed by atoms with van der Waals surface area (Å²) in [5, 5.41) is 3.00. The molecule has 3 aromatic carbocycles. The summed E-state index contributed by atoms with van der Waals surface area (Å²) in [6, 6.07) is 16.4. The van der Waals surface area contributed by atoms with Crippen molar-refractivity contribution in [1.29, 1.82) is 0 Å². The number of carbonyl (C=O) groups is 1. The molecule has 31 heavy (non-hydrogen) atoms. The number of nitrogens with one attached hydrogen (secondary N) is 1. The molecular formula is C23H23ClN2O4S. The van der Waals surface area contributed by atoms with E-state index < -0.39 is 15.9 Å². The van der Waals surface area contributed by atoms with E-state index in [1.807, 2.05) is 32.0 Å². The van der Waals surface area contributed by atoms with E-state index in [0.717, 1.165) is 15.4 Å². The fraction of sp³-hybridized carbons (Fsp3) is 0.174. The topological polar surface area (TPSA) is 75.7 Å². The molecule has 1 N–H and O–H groups in total. The van der Waals surface area contributed by atoms with Gasteiger partial charge in [0, 0.05) is 12.7 Å². The Bertz CT molecular complexity index is 1200. The molecule has 0 saturated heterocycles. The summed E-state index contributed by atoms with van der Waals surface area (Å²) in [5.41, 5.74) is 3.00. The molecule has 0 aromatic heterocycles. The Hall–Kier alpha value is -3.03. The van der Waals surface area contributed by atoms with E-state index in [4.69, 9.17) is 16.3 Å². The Kier molecular flexibility index (Phi) is 6.57. The lowest BCUT2D eigenvalue weighted by Gasteiger charge is -2.20. The average molecular weight is 459 g/mol. The number of sulfonamides is 1. The van der Waals surface area contributed by atoms with Crippen molar-refractivity contribution >= 4 is 38.9 Å². The highest BCUT2D eigenvalue weighted by Crippen LogP contribution is 2.28. The minimum atomic E-state index is -3.92. The van der Waals surface area contributed by atoms with Gasteiger partial charge in [-0.3, -0.25) is 9.10 Å². The van der Waals surface area contributed by atoms with Crippen molar-refractivity contribution in [1.82, 2.24) is 0 Å². The van der Waals surface area contributed by atoms with E-state index >= 15 is 0 Å². The van der Waals surface area contributed by atoms with Crippen LogP contribution in [0.1, 0.15) is 21.5 Å². The molecule has 0 aliphatic heterocycles. The SMILES string of the molecule is COc1ccc(N(C)S(=O)(=O)c2ccc(Cl)c(C(=O)Nc3c(C)cccc3C)c2)cc1. The maximum Gasteiger partial charge on any atom is 0.264 e. The largest absolute Gasteiger partial charge is 0.497 e. The summed E-state index contributed by atoms with van der Waals surface area (Å²) in [6.07, 6.45) is 0. The second-order valence-electron chi connectivity index (χ2n) is 7.03. The lowest BCUT2D eigenvalue weighted by molar-refractivity contribution is 0.102. The number of rotatable bonds is 6. The molecule has 0 bridgehead atoms. The maximum absolute atomic E-state index is 13.2. The number of carbonyl (C=O) groups excluding carboxylic acids is 1. The van der Waals surface area contributed by atoms with Crippen LogP contribution in [0.15, 0.2) is 65.6 Å². The van der Waals surface area contributed by atoms with Gasteiger partial charge < -0.3 is 10.1 Å². The van der Waals surface area contributed by atoms with E-state index in [1.165, 1.54) is 32.4 Å². The molecule has 0 saturated carbocycles. The second kappa shape index (κ2) is 8.99. The number of benzene rings is 3. The van der Waals surface area contributed by atoms with Crippen molar-refractivity contribution in [2.75, 3.05) is 23.8 Å². The van der Waals surface area contributed by atoms with E-state index in [1.54, 1.807) is 24.3 Å². The molecular weight excluding hydrogens is 436 g/mol. The zero-order valence-corrected chi connectivity index (χ0v) is 19.2. The highest BCUT2D eigenvalue weighted by molar-refractivity contribution is 7.92. The minimum Gasteiger partial charge on any atom is -0.497 e. The van der Waals surface area contributed by atoms with Gasteiger partial charge in [0.2, 0.25) is 0 Å². The third kappa shape index (κ3) is 4.68. The Morgan fingerprint density at radius 1 is 1.00 bits per heavy atom. The highest BCUT2D eigenvalue weighted by Gasteiger charge is 2.24. The predicted molar refractivity (Wildman–Crippen MR) is 124 cm³/mol. The molecule has 1 amide bonds. The molecule has 0 aliphatic carbocycles. The summed E-state index contributed by atoms with van der Waals surface area (Å²) < 4.78 is 32.6. The van der Waals surface area contributed by atoms with Crippen molar-refractivity contribution in [2.45, 2.75) is 18.7 Å². The Morgan fingerprint density at radius 2 is 1.61 bits per heavy atom. The summed E-state index contributed by atoms with van der Waals surface area (Å²) in [7, 11) is -0.937. The van der Waals surface area contributed by atoms with Crippen LogP contribution >= 0.6 is 11.6 Å². The number of anilines is 2. The van der Waals surface area contributed by atoms with Crippen LogP contribution < -0.4 is 14.4 Å². The van der Waals surface area contributed by atoms with Crippen LogP contribution in [0.5, 0.6) is 5.75 Å². The molecule has 0 unspecified atom stereocenters. The van der Waals surface area contributed by atoms with Gasteiger partial charge >= 0.3 is 0 Å². The van der Waals surface area contributed by atoms with Gasteiger partial charge in [-0.25, -0.2) is 8.42 Å². The van der Waals surface area contributed by atoms with Crippen molar-refractivity contribution in [2.24, 2.45) is 0 Å². The summed E-state index contributed by atoms with van der Waals surface area (Å²) in [6.45, 7) is 3.77. The molecule has 0 radical (unpaired) electrons. The van der Waals surface area contributed by atoms with Gasteiger partial charge in [0.15, 0.2) is 0 Å². The van der Waals surface area contributed by atoms with E-state index in [9.17, 15) is 13.2 Å². The molecule has 0 spiro atoms. The van der Waals surface area contributed by atoms with Gasteiger partial charge in [-0.2, -0.15) is 0 Å². The summed E-state index contributed by atoms with van der Waals surface area (Å²) in [5.74, 6) is 0.137. The number of methoxy groups -OCH3 is 1. The van der Waals surface area contributed by atoms with Gasteiger partial charge in [0.25, 0.3) is 15.9 Å². The van der Waals surface area contributed by atoms with Crippen molar-refractivity contribution in [3.63, 3.8) is 0 Å². The fourth-order valence-electron chi connectivity index (χ4n) is 3.12. The van der Waals surface area contributed by atoms with Gasteiger partial charge in [-0.1, -0.05) is 29.8 Å². The van der Waals surface area contributed by atoms with Crippen LogP contribution in [0, 0.1) is 13.8 Å². The smallest absolute Gasteiger partial charge is 0.264 e. The summed E-state index contributed by atoms with van der Waals surface area (Å²) >= 11 is 6.23. The van der Waals surface area contributed by atoms with E-state index in [2.05, 4.69) is 5.32 Å². The predicted octanol–water partition coefficient (Wildman–Crippen LogP) is 5.04. The Balaban J connectivity index is 1.94. The van der Waals surface area contributed by atoms with Crippen LogP contribution in [0.4, 0.5) is 11.4 Å². The number of nitrogens with zero attached hydrogens (tertiary/aromatic N) is 1. The molecule has 0 heterocycles. The highest BCUT2D eigenvalue weighted by atomic mass is 35.5. The van der Waals surface area contributed by atoms with Crippen LogP contribution in [-0.4, -0.2) is 28.5 Å². The van der Waals surface area contributed by atoms with Gasteiger partial charge in [-0.05, 0) is 67.4 Å². The molecule has 8 heteroatoms. The van der Waals surface area contributed by atoms with Gasteiger partial charge in [0.05, 0.1) is 28.3 Å². The number of hydrogen-bond acceptors (Lipinski definition) is 4. The molecule has 3 aromatic rings. The monoisotopic (exact) mass is 458 g/mol. The average Bonchev–Trinajstić information content (AvgIpc) is 2.76. The quantitative estimate of drug-likeness (QED) is 0.561. The van der Waals surface area contributed by atoms with Crippen LogP contribution in [0.2, 0.25) is 5.02 Å². The first-order valence-electron chi connectivity index (χ1n) is 9.45. The molecule has 0 aliphatic rings. The number of hydrogen-bond donors (Lipinski definition) is 1. The third-order valence-corrected chi connectivity index (χ3v) is 7.11.